The van der Waals surface area contributed by atoms with Gasteiger partial charge in [-0.1, -0.05) is 121 Å². The van der Waals surface area contributed by atoms with Crippen LogP contribution in [0.15, 0.2) is 146 Å². The summed E-state index contributed by atoms with van der Waals surface area (Å²) < 4.78 is 7.03. The molecule has 0 bridgehead atoms. The van der Waals surface area contributed by atoms with Gasteiger partial charge in [0.1, 0.15) is 5.75 Å². The molecule has 2 aliphatic heterocycles. The molecular weight excluding hydrogens is 737 g/mol. The van der Waals surface area contributed by atoms with Crippen molar-refractivity contribution in [3.8, 4) is 29.4 Å². The first-order valence-electron chi connectivity index (χ1n) is 20.2. The first kappa shape index (κ1) is 34.2. The average Bonchev–Trinajstić information content (AvgIpc) is 3.44. The summed E-state index contributed by atoms with van der Waals surface area (Å²) in [5.41, 5.74) is 4.73. The smallest absolute Gasteiger partial charge is 0.270 e. The molecule has 60 heavy (non-hydrogen) atoms. The van der Waals surface area contributed by atoms with Crippen molar-refractivity contribution in [3.63, 3.8) is 0 Å². The third kappa shape index (κ3) is 4.61. The second-order valence-electron chi connectivity index (χ2n) is 16.6. The summed E-state index contributed by atoms with van der Waals surface area (Å²) in [6.45, 7) is 4.38. The van der Waals surface area contributed by atoms with E-state index in [2.05, 4.69) is 164 Å². The van der Waals surface area contributed by atoms with E-state index >= 15 is 0 Å². The van der Waals surface area contributed by atoms with Gasteiger partial charge in [0.2, 0.25) is 5.72 Å². The van der Waals surface area contributed by atoms with Gasteiger partial charge in [-0.2, -0.15) is 0 Å². The van der Waals surface area contributed by atoms with Gasteiger partial charge in [-0.3, -0.25) is 10.1 Å². The van der Waals surface area contributed by atoms with Crippen molar-refractivity contribution in [2.45, 2.75) is 25.0 Å². The van der Waals surface area contributed by atoms with Crippen molar-refractivity contribution in [2.24, 2.45) is 0 Å². The second-order valence-corrected chi connectivity index (χ2v) is 16.6. The molecule has 12 rings (SSSR count). The molecule has 0 saturated heterocycles. The van der Waals surface area contributed by atoms with Gasteiger partial charge in [-0.15, -0.1) is 0 Å². The summed E-state index contributed by atoms with van der Waals surface area (Å²) in [5.74, 6) is 15.1. The molecule has 282 valence electrons. The van der Waals surface area contributed by atoms with E-state index in [1.807, 2.05) is 19.2 Å². The SMILES string of the molecule is CN1c2c(C#Cc3ccc4ccc5cccc6ccc3c4c56)ccc(C#Cc3ccc4ccc5cccc6ccc3c4c56)c2C(C)(C)C12C=Cc1cc([N+](=O)[O-])ccc1O2. The molecule has 0 radical (unpaired) electrons. The van der Waals surface area contributed by atoms with Gasteiger partial charge >= 0.3 is 0 Å². The van der Waals surface area contributed by atoms with Gasteiger partial charge in [0.25, 0.3) is 5.69 Å². The van der Waals surface area contributed by atoms with Gasteiger partial charge in [0, 0.05) is 52.6 Å². The highest BCUT2D eigenvalue weighted by Crippen LogP contribution is 2.56. The highest BCUT2D eigenvalue weighted by atomic mass is 16.6. The minimum absolute atomic E-state index is 0.0222. The molecule has 1 spiro atoms. The third-order valence-corrected chi connectivity index (χ3v) is 13.2. The normalized spacial score (nSPS) is 16.4. The predicted octanol–water partition coefficient (Wildman–Crippen LogP) is 12.7. The van der Waals surface area contributed by atoms with Crippen molar-refractivity contribution >= 4 is 82.1 Å². The number of ether oxygens (including phenoxy) is 1. The number of nitro groups is 1. The number of fused-ring (bicyclic) bond motifs is 2. The number of likely N-dealkylation sites (N-methyl/N-ethyl adjacent to an activating group) is 1. The van der Waals surface area contributed by atoms with E-state index in [0.717, 1.165) is 44.3 Å². The first-order valence-corrected chi connectivity index (χ1v) is 20.2. The molecule has 1 unspecified atom stereocenters. The number of nitro benzene ring substituents is 1. The lowest BCUT2D eigenvalue weighted by atomic mass is 9.74. The summed E-state index contributed by atoms with van der Waals surface area (Å²) >= 11 is 0. The Morgan fingerprint density at radius 3 is 1.60 bits per heavy atom. The summed E-state index contributed by atoms with van der Waals surface area (Å²) in [6, 6.07) is 48.1. The Balaban J connectivity index is 1.05. The molecule has 0 amide bonds. The highest BCUT2D eigenvalue weighted by molar-refractivity contribution is 6.25. The van der Waals surface area contributed by atoms with Crippen molar-refractivity contribution in [2.75, 3.05) is 11.9 Å². The molecule has 0 N–H and O–H groups in total. The Morgan fingerprint density at radius 2 is 1.03 bits per heavy atom. The van der Waals surface area contributed by atoms with Crippen molar-refractivity contribution in [3.05, 3.63) is 189 Å². The highest BCUT2D eigenvalue weighted by Gasteiger charge is 2.59. The summed E-state index contributed by atoms with van der Waals surface area (Å²) in [7, 11) is 2.05. The molecule has 0 fully saturated rings. The van der Waals surface area contributed by atoms with E-state index in [1.165, 1.54) is 59.9 Å². The fourth-order valence-corrected chi connectivity index (χ4v) is 10.3. The van der Waals surface area contributed by atoms with Gasteiger partial charge in [-0.05, 0) is 121 Å². The van der Waals surface area contributed by atoms with Crippen molar-refractivity contribution < 1.29 is 9.66 Å². The van der Waals surface area contributed by atoms with Gasteiger partial charge in [0.15, 0.2) is 0 Å². The average molecular weight is 771 g/mol. The van der Waals surface area contributed by atoms with Crippen LogP contribution >= 0.6 is 0 Å². The second kappa shape index (κ2) is 12.1. The Kier molecular flexibility index (Phi) is 6.89. The maximum absolute atomic E-state index is 11.7. The van der Waals surface area contributed by atoms with E-state index in [4.69, 9.17) is 4.74 Å². The molecule has 5 nitrogen and oxygen atoms in total. The van der Waals surface area contributed by atoms with Gasteiger partial charge in [0.05, 0.1) is 16.0 Å². The lowest BCUT2D eigenvalue weighted by Crippen LogP contribution is -2.58. The van der Waals surface area contributed by atoms with Crippen LogP contribution in [0.2, 0.25) is 0 Å². The number of hydrogen-bond acceptors (Lipinski definition) is 4. The van der Waals surface area contributed by atoms with Crippen LogP contribution < -0.4 is 9.64 Å². The van der Waals surface area contributed by atoms with E-state index < -0.39 is 11.1 Å². The number of anilines is 1. The first-order chi connectivity index (χ1) is 29.2. The molecule has 2 heterocycles. The number of hydrogen-bond donors (Lipinski definition) is 0. The van der Waals surface area contributed by atoms with E-state index in [9.17, 15) is 10.1 Å². The fourth-order valence-electron chi connectivity index (χ4n) is 10.3. The molecule has 2 aliphatic rings. The van der Waals surface area contributed by atoms with Crippen LogP contribution in [-0.4, -0.2) is 17.7 Å². The van der Waals surface area contributed by atoms with Crippen LogP contribution in [0.4, 0.5) is 11.4 Å². The quantitative estimate of drug-likeness (QED) is 0.0722. The summed E-state index contributed by atoms with van der Waals surface area (Å²) in [5, 5.41) is 26.2. The zero-order valence-corrected chi connectivity index (χ0v) is 33.1. The number of nitrogens with zero attached hydrogens (tertiary/aromatic N) is 2. The van der Waals surface area contributed by atoms with Gasteiger partial charge in [-0.25, -0.2) is 0 Å². The molecule has 10 aromatic carbocycles. The maximum Gasteiger partial charge on any atom is 0.270 e. The largest absolute Gasteiger partial charge is 0.463 e. The Hall–Kier alpha value is -7.86. The van der Waals surface area contributed by atoms with Crippen LogP contribution in [0.25, 0.3) is 70.7 Å². The minimum atomic E-state index is -0.979. The van der Waals surface area contributed by atoms with Crippen molar-refractivity contribution in [1.29, 1.82) is 0 Å². The van der Waals surface area contributed by atoms with Crippen molar-refractivity contribution in [1.82, 2.24) is 0 Å². The maximum atomic E-state index is 11.7. The molecule has 0 saturated carbocycles. The number of rotatable bonds is 1. The van der Waals surface area contributed by atoms with E-state index in [0.29, 0.717) is 11.3 Å². The monoisotopic (exact) mass is 770 g/mol. The lowest BCUT2D eigenvalue weighted by Gasteiger charge is -2.45. The Morgan fingerprint density at radius 1 is 0.567 bits per heavy atom. The fraction of sp³-hybridized carbons (Fsp3) is 0.0909. The molecule has 10 aromatic rings. The molecule has 1 atom stereocenters. The molecule has 0 aliphatic carbocycles. The summed E-state index contributed by atoms with van der Waals surface area (Å²) in [4.78, 5) is 13.5. The molecule has 5 heteroatoms. The topological polar surface area (TPSA) is 55.6 Å². The predicted molar refractivity (Wildman–Crippen MR) is 246 cm³/mol. The third-order valence-electron chi connectivity index (χ3n) is 13.2. The number of benzene rings is 10. The molecule has 0 aromatic heterocycles. The zero-order valence-electron chi connectivity index (χ0n) is 33.1. The Labute approximate surface area is 345 Å². The number of non-ortho nitro benzene ring substituents is 1. The zero-order chi connectivity index (χ0) is 40.5. The van der Waals surface area contributed by atoms with E-state index in [-0.39, 0.29) is 10.6 Å². The van der Waals surface area contributed by atoms with Gasteiger partial charge < -0.3 is 9.64 Å². The van der Waals surface area contributed by atoms with Crippen LogP contribution in [0.1, 0.15) is 47.2 Å². The Bertz CT molecular complexity index is 3650. The van der Waals surface area contributed by atoms with E-state index in [1.54, 1.807) is 12.1 Å². The summed E-state index contributed by atoms with van der Waals surface area (Å²) in [6.07, 6.45) is 3.98. The van der Waals surface area contributed by atoms with Crippen LogP contribution in [0, 0.1) is 33.8 Å². The van der Waals surface area contributed by atoms with Crippen LogP contribution in [-0.2, 0) is 5.41 Å². The minimum Gasteiger partial charge on any atom is -0.463 e. The van der Waals surface area contributed by atoms with Crippen LogP contribution in [0.5, 0.6) is 5.75 Å². The van der Waals surface area contributed by atoms with Crippen LogP contribution in [0.3, 0.4) is 0 Å². The molecular formula is C55H34N2O3. The lowest BCUT2D eigenvalue weighted by molar-refractivity contribution is -0.384. The standard InChI is InChI=1S/C55H34N2O3/c1-54(2)52-41(20-12-33-10-14-39-18-16-35-6-4-8-37-24-27-45(33)50(39)48(35)37)21-23-42(53(52)56(3)55(54)31-30-43-32-44(57(58)59)26-29-47(43)60-55)22-13-34-11-15-40-19-17-36-7-5-9-38-25-28-46(34)51(40)49(36)38/h4-11,14-19,21,23-32H,1-3H3.